The quantitative estimate of drug-likeness (QED) is 0.245. The summed E-state index contributed by atoms with van der Waals surface area (Å²) in [5.41, 5.74) is 2.09. The normalized spacial score (nSPS) is 11.8. The maximum absolute atomic E-state index is 13.6. The van der Waals surface area contributed by atoms with Crippen LogP contribution in [-0.4, -0.2) is 51.7 Å². The zero-order chi connectivity index (χ0) is 27.9. The lowest BCUT2D eigenvalue weighted by atomic mass is 10.1. The molecule has 0 fully saturated rings. The molecular weight excluding hydrogens is 515 g/mol. The van der Waals surface area contributed by atoms with Gasteiger partial charge in [-0.15, -0.1) is 0 Å². The minimum atomic E-state index is -2.91. The number of hydrogen-bond acceptors (Lipinski definition) is 9. The van der Waals surface area contributed by atoms with Crippen LogP contribution in [0.5, 0.6) is 17.2 Å². The van der Waals surface area contributed by atoms with Crippen molar-refractivity contribution < 1.29 is 27.4 Å². The van der Waals surface area contributed by atoms with Crippen LogP contribution in [-0.2, 0) is 13.6 Å². The SMILES string of the molecule is COc1ccc(CNc2cc(Nc3cc(OC(C)CF)c(-c4cnn(C)c4)cn3)nc(C(F)F)n2)c(OC)c1. The third-order valence-electron chi connectivity index (χ3n) is 5.58. The number of alkyl halides is 3. The number of ether oxygens (including phenoxy) is 3. The Labute approximate surface area is 223 Å². The third-order valence-corrected chi connectivity index (χ3v) is 5.58. The predicted octanol–water partition coefficient (Wildman–Crippen LogP) is 5.32. The van der Waals surface area contributed by atoms with Crippen molar-refractivity contribution in [2.75, 3.05) is 31.5 Å². The molecule has 4 rings (SSSR count). The van der Waals surface area contributed by atoms with Crippen LogP contribution < -0.4 is 24.8 Å². The Bertz CT molecular complexity index is 1420. The van der Waals surface area contributed by atoms with E-state index in [0.29, 0.717) is 22.8 Å². The molecule has 2 N–H and O–H groups in total. The summed E-state index contributed by atoms with van der Waals surface area (Å²) in [4.78, 5) is 12.2. The van der Waals surface area contributed by atoms with E-state index in [4.69, 9.17) is 14.2 Å². The van der Waals surface area contributed by atoms with Gasteiger partial charge in [0.1, 0.15) is 47.5 Å². The largest absolute Gasteiger partial charge is 0.497 e. The molecule has 0 aliphatic heterocycles. The van der Waals surface area contributed by atoms with Crippen LogP contribution in [0.4, 0.5) is 30.6 Å². The molecular formula is C26H28F3N7O3. The molecule has 0 radical (unpaired) electrons. The fraction of sp³-hybridized carbons (Fsp3) is 0.308. The second-order valence-corrected chi connectivity index (χ2v) is 8.50. The molecule has 0 aliphatic rings. The molecule has 13 heteroatoms. The molecule has 0 bridgehead atoms. The summed E-state index contributed by atoms with van der Waals surface area (Å²) in [6, 6.07) is 8.31. The molecule has 0 saturated heterocycles. The van der Waals surface area contributed by atoms with E-state index in [9.17, 15) is 13.2 Å². The first-order valence-electron chi connectivity index (χ1n) is 11.9. The number of rotatable bonds is 12. The first-order chi connectivity index (χ1) is 18.8. The van der Waals surface area contributed by atoms with Crippen LogP contribution in [0.25, 0.3) is 11.1 Å². The average Bonchev–Trinajstić information content (AvgIpc) is 3.37. The van der Waals surface area contributed by atoms with Crippen LogP contribution in [0.2, 0.25) is 0 Å². The molecule has 0 spiro atoms. The molecule has 0 amide bonds. The number of pyridine rings is 1. The number of aryl methyl sites for hydroxylation is 1. The number of anilines is 3. The van der Waals surface area contributed by atoms with Crippen LogP contribution in [0, 0.1) is 0 Å². The van der Waals surface area contributed by atoms with Gasteiger partial charge in [0, 0.05) is 60.9 Å². The van der Waals surface area contributed by atoms with Gasteiger partial charge < -0.3 is 24.8 Å². The van der Waals surface area contributed by atoms with E-state index in [1.807, 2.05) is 0 Å². The highest BCUT2D eigenvalue weighted by atomic mass is 19.3. The van der Waals surface area contributed by atoms with Gasteiger partial charge >= 0.3 is 0 Å². The first kappa shape index (κ1) is 27.5. The molecule has 3 aromatic heterocycles. The van der Waals surface area contributed by atoms with Crippen molar-refractivity contribution >= 4 is 17.5 Å². The topological polar surface area (TPSA) is 108 Å². The van der Waals surface area contributed by atoms with Gasteiger partial charge in [-0.3, -0.25) is 4.68 Å². The van der Waals surface area contributed by atoms with E-state index < -0.39 is 25.0 Å². The van der Waals surface area contributed by atoms with Gasteiger partial charge in [-0.05, 0) is 19.1 Å². The van der Waals surface area contributed by atoms with Crippen molar-refractivity contribution in [3.63, 3.8) is 0 Å². The molecule has 10 nitrogen and oxygen atoms in total. The standard InChI is InChI=1S/C26H28F3N7O3/c1-15(10-27)39-21-8-22(31-13-19(21)17-12-32-36(2)14-17)33-24-9-23(34-26(35-24)25(28)29)30-11-16-5-6-18(37-3)7-20(16)38-4/h5-9,12-15,25H,10-11H2,1-4H3,(H2,30,31,33,34,35). The fourth-order valence-corrected chi connectivity index (χ4v) is 3.66. The van der Waals surface area contributed by atoms with E-state index in [1.54, 1.807) is 62.4 Å². The second kappa shape index (κ2) is 12.3. The number of halogens is 3. The molecule has 206 valence electrons. The maximum atomic E-state index is 13.6. The molecule has 39 heavy (non-hydrogen) atoms. The Morgan fingerprint density at radius 2 is 1.77 bits per heavy atom. The van der Waals surface area contributed by atoms with E-state index in [2.05, 4.69) is 30.7 Å². The Balaban J connectivity index is 1.60. The highest BCUT2D eigenvalue weighted by Gasteiger charge is 2.17. The van der Waals surface area contributed by atoms with E-state index in [0.717, 1.165) is 11.1 Å². The first-order valence-corrected chi connectivity index (χ1v) is 11.9. The Kier molecular flexibility index (Phi) is 8.69. The minimum Gasteiger partial charge on any atom is -0.497 e. The average molecular weight is 544 g/mol. The lowest BCUT2D eigenvalue weighted by molar-refractivity contribution is 0.140. The molecule has 1 aromatic carbocycles. The summed E-state index contributed by atoms with van der Waals surface area (Å²) in [7, 11) is 4.84. The van der Waals surface area contributed by atoms with Gasteiger partial charge in [0.05, 0.1) is 20.4 Å². The van der Waals surface area contributed by atoms with E-state index in [1.165, 1.54) is 19.4 Å². The fourth-order valence-electron chi connectivity index (χ4n) is 3.66. The monoisotopic (exact) mass is 543 g/mol. The number of benzene rings is 1. The molecule has 1 unspecified atom stereocenters. The lowest BCUT2D eigenvalue weighted by Gasteiger charge is -2.16. The molecule has 3 heterocycles. The van der Waals surface area contributed by atoms with Crippen LogP contribution in [0.15, 0.2) is 48.9 Å². The third kappa shape index (κ3) is 6.86. The van der Waals surface area contributed by atoms with Gasteiger partial charge in [0.25, 0.3) is 6.43 Å². The summed E-state index contributed by atoms with van der Waals surface area (Å²) < 4.78 is 58.5. The van der Waals surface area contributed by atoms with Crippen LogP contribution in [0.3, 0.4) is 0 Å². The Morgan fingerprint density at radius 1 is 0.974 bits per heavy atom. The number of methoxy groups -OCH3 is 2. The van der Waals surface area contributed by atoms with Crippen molar-refractivity contribution in [2.45, 2.75) is 26.0 Å². The number of aromatic nitrogens is 5. The molecule has 4 aromatic rings. The summed E-state index contributed by atoms with van der Waals surface area (Å²) in [6.45, 7) is 1.13. The van der Waals surface area contributed by atoms with Crippen molar-refractivity contribution in [2.24, 2.45) is 7.05 Å². The van der Waals surface area contributed by atoms with Gasteiger partial charge in [-0.2, -0.15) is 5.10 Å². The van der Waals surface area contributed by atoms with Gasteiger partial charge in [0.2, 0.25) is 0 Å². The molecule has 0 saturated carbocycles. The minimum absolute atomic E-state index is 0.0793. The molecule has 1 atom stereocenters. The number of hydrogen-bond donors (Lipinski definition) is 2. The van der Waals surface area contributed by atoms with Gasteiger partial charge in [0.15, 0.2) is 5.82 Å². The van der Waals surface area contributed by atoms with E-state index >= 15 is 0 Å². The molecule has 0 aliphatic carbocycles. The smallest absolute Gasteiger partial charge is 0.297 e. The van der Waals surface area contributed by atoms with Gasteiger partial charge in [-0.25, -0.2) is 28.1 Å². The zero-order valence-electron chi connectivity index (χ0n) is 21.8. The van der Waals surface area contributed by atoms with Crippen LogP contribution in [0.1, 0.15) is 24.7 Å². The zero-order valence-corrected chi connectivity index (χ0v) is 21.8. The summed E-state index contributed by atoms with van der Waals surface area (Å²) >= 11 is 0. The van der Waals surface area contributed by atoms with Crippen molar-refractivity contribution in [1.82, 2.24) is 24.7 Å². The van der Waals surface area contributed by atoms with Crippen molar-refractivity contribution in [3.8, 4) is 28.4 Å². The summed E-state index contributed by atoms with van der Waals surface area (Å²) in [6.07, 6.45) is 1.31. The Hall–Kier alpha value is -4.55. The van der Waals surface area contributed by atoms with Crippen molar-refractivity contribution in [3.05, 3.63) is 60.3 Å². The highest BCUT2D eigenvalue weighted by Crippen LogP contribution is 2.33. The van der Waals surface area contributed by atoms with Crippen LogP contribution >= 0.6 is 0 Å². The van der Waals surface area contributed by atoms with Crippen molar-refractivity contribution in [1.29, 1.82) is 0 Å². The van der Waals surface area contributed by atoms with E-state index in [-0.39, 0.29) is 24.0 Å². The summed E-state index contributed by atoms with van der Waals surface area (Å²) in [5, 5.41) is 10.1. The second-order valence-electron chi connectivity index (χ2n) is 8.50. The lowest BCUT2D eigenvalue weighted by Crippen LogP contribution is -2.14. The number of nitrogens with zero attached hydrogens (tertiary/aromatic N) is 5. The summed E-state index contributed by atoms with van der Waals surface area (Å²) in [5.74, 6) is 1.36. The maximum Gasteiger partial charge on any atom is 0.297 e. The predicted molar refractivity (Wildman–Crippen MR) is 140 cm³/mol. The highest BCUT2D eigenvalue weighted by molar-refractivity contribution is 5.71. The number of nitrogens with one attached hydrogen (secondary N) is 2. The van der Waals surface area contributed by atoms with Gasteiger partial charge in [-0.1, -0.05) is 0 Å². The Morgan fingerprint density at radius 3 is 2.44 bits per heavy atom.